The number of halogens is 1. The lowest BCUT2D eigenvalue weighted by Crippen LogP contribution is -2.04. The van der Waals surface area contributed by atoms with Crippen molar-refractivity contribution in [1.82, 2.24) is 4.98 Å². The zero-order valence-corrected chi connectivity index (χ0v) is 12.0. The van der Waals surface area contributed by atoms with Gasteiger partial charge in [0.25, 0.3) is 0 Å². The summed E-state index contributed by atoms with van der Waals surface area (Å²) in [6.45, 7) is 0.734. The molecule has 0 N–H and O–H groups in total. The maximum absolute atomic E-state index is 11.6. The van der Waals surface area contributed by atoms with Crippen molar-refractivity contribution >= 4 is 33.0 Å². The van der Waals surface area contributed by atoms with Crippen LogP contribution in [0.2, 0.25) is 0 Å². The molecule has 19 heavy (non-hydrogen) atoms. The maximum Gasteiger partial charge on any atom is 0.394 e. The normalized spacial score (nSPS) is 10.7. The van der Waals surface area contributed by atoms with Crippen molar-refractivity contribution in [2.75, 3.05) is 27.4 Å². The molecular formula is C12H12BrNO5. The number of methoxy groups -OCH3 is 2. The van der Waals surface area contributed by atoms with Gasteiger partial charge < -0.3 is 18.6 Å². The van der Waals surface area contributed by atoms with Crippen molar-refractivity contribution in [2.45, 2.75) is 0 Å². The number of nitrogens with zero attached hydrogens (tertiary/aromatic N) is 1. The highest BCUT2D eigenvalue weighted by molar-refractivity contribution is 9.10. The molecule has 0 aliphatic heterocycles. The number of aromatic nitrogens is 1. The molecule has 0 radical (unpaired) electrons. The lowest BCUT2D eigenvalue weighted by atomic mass is 10.2. The smallest absolute Gasteiger partial charge is 0.394 e. The van der Waals surface area contributed by atoms with E-state index in [1.54, 1.807) is 19.2 Å². The first-order chi connectivity index (χ1) is 9.17. The highest BCUT2D eigenvalue weighted by Gasteiger charge is 2.18. The highest BCUT2D eigenvalue weighted by atomic mass is 79.9. The van der Waals surface area contributed by atoms with Gasteiger partial charge in [-0.15, -0.1) is 0 Å². The summed E-state index contributed by atoms with van der Waals surface area (Å²) in [7, 11) is 2.88. The van der Waals surface area contributed by atoms with E-state index in [1.807, 2.05) is 0 Å². The van der Waals surface area contributed by atoms with Crippen LogP contribution < -0.4 is 4.74 Å². The molecule has 0 bridgehead atoms. The molecule has 1 aromatic carbocycles. The molecule has 0 unspecified atom stereocenters. The van der Waals surface area contributed by atoms with E-state index in [9.17, 15) is 4.79 Å². The van der Waals surface area contributed by atoms with Crippen LogP contribution in [0.5, 0.6) is 6.08 Å². The predicted molar refractivity (Wildman–Crippen MR) is 70.4 cm³/mol. The van der Waals surface area contributed by atoms with E-state index in [0.29, 0.717) is 34.3 Å². The molecule has 0 fully saturated rings. The molecule has 0 aliphatic carbocycles. The number of esters is 1. The molecule has 1 aromatic heterocycles. The number of fused-ring (bicyclic) bond motifs is 1. The molecule has 2 aromatic rings. The van der Waals surface area contributed by atoms with Crippen molar-refractivity contribution in [2.24, 2.45) is 0 Å². The third kappa shape index (κ3) is 2.87. The Labute approximate surface area is 117 Å². The minimum atomic E-state index is -0.478. The number of hydrogen-bond donors (Lipinski definition) is 0. The molecule has 0 saturated heterocycles. The second kappa shape index (κ2) is 6.03. The summed E-state index contributed by atoms with van der Waals surface area (Å²) >= 11 is 3.33. The van der Waals surface area contributed by atoms with E-state index in [4.69, 9.17) is 18.6 Å². The van der Waals surface area contributed by atoms with Crippen LogP contribution in [0.15, 0.2) is 21.0 Å². The molecule has 7 heteroatoms. The molecule has 1 heterocycles. The van der Waals surface area contributed by atoms with Crippen molar-refractivity contribution in [3.63, 3.8) is 0 Å². The number of benzene rings is 1. The van der Waals surface area contributed by atoms with E-state index in [1.165, 1.54) is 7.11 Å². The molecule has 0 saturated carbocycles. The van der Waals surface area contributed by atoms with Gasteiger partial charge in [0.1, 0.15) is 12.1 Å². The quantitative estimate of drug-likeness (QED) is 0.619. The summed E-state index contributed by atoms with van der Waals surface area (Å²) in [5.41, 5.74) is 1.16. The average Bonchev–Trinajstić information content (AvgIpc) is 2.83. The fourth-order valence-corrected chi connectivity index (χ4v) is 1.91. The minimum absolute atomic E-state index is 0.0871. The van der Waals surface area contributed by atoms with Gasteiger partial charge in [0, 0.05) is 7.11 Å². The van der Waals surface area contributed by atoms with Gasteiger partial charge in [-0.05, 0) is 28.1 Å². The van der Waals surface area contributed by atoms with Crippen molar-refractivity contribution in [3.05, 3.63) is 22.2 Å². The van der Waals surface area contributed by atoms with E-state index < -0.39 is 5.97 Å². The van der Waals surface area contributed by atoms with Crippen molar-refractivity contribution in [3.8, 4) is 6.08 Å². The van der Waals surface area contributed by atoms with Crippen LogP contribution in [-0.2, 0) is 9.47 Å². The summed E-state index contributed by atoms with van der Waals surface area (Å²) in [5.74, 6) is -0.478. The topological polar surface area (TPSA) is 70.8 Å². The van der Waals surface area contributed by atoms with E-state index in [-0.39, 0.29) is 6.08 Å². The predicted octanol–water partition coefficient (Wildman–Crippen LogP) is 2.40. The van der Waals surface area contributed by atoms with Crippen LogP contribution >= 0.6 is 15.9 Å². The number of rotatable bonds is 5. The monoisotopic (exact) mass is 329 g/mol. The molecule has 102 valence electrons. The zero-order chi connectivity index (χ0) is 13.8. The van der Waals surface area contributed by atoms with Crippen molar-refractivity contribution in [1.29, 1.82) is 0 Å². The first kappa shape index (κ1) is 13.8. The molecule has 0 atom stereocenters. The molecular weight excluding hydrogens is 318 g/mol. The standard InChI is InChI=1S/C12H12BrNO5/c1-16-5-6-18-12-14-9-7(11(15)17-2)3-4-8(13)10(9)19-12/h3-4H,5-6H2,1-2H3. The van der Waals surface area contributed by atoms with Gasteiger partial charge in [-0.3, -0.25) is 0 Å². The molecule has 6 nitrogen and oxygen atoms in total. The lowest BCUT2D eigenvalue weighted by Gasteiger charge is -1.99. The minimum Gasteiger partial charge on any atom is -0.465 e. The summed E-state index contributed by atoms with van der Waals surface area (Å²) in [6.07, 6.45) is 0.0871. The lowest BCUT2D eigenvalue weighted by molar-refractivity contribution is 0.0602. The molecule has 0 spiro atoms. The third-order valence-electron chi connectivity index (χ3n) is 2.39. The summed E-state index contributed by atoms with van der Waals surface area (Å²) in [6, 6.07) is 3.30. The second-order valence-corrected chi connectivity index (χ2v) is 4.44. The Kier molecular flexibility index (Phi) is 4.39. The van der Waals surface area contributed by atoms with E-state index in [0.717, 1.165) is 0 Å². The Hall–Kier alpha value is -1.60. The van der Waals surface area contributed by atoms with Gasteiger partial charge in [0.2, 0.25) is 0 Å². The van der Waals surface area contributed by atoms with Gasteiger partial charge in [-0.2, -0.15) is 4.98 Å². The van der Waals surface area contributed by atoms with Gasteiger partial charge in [0.05, 0.1) is 23.8 Å². The van der Waals surface area contributed by atoms with Crippen LogP contribution in [0.3, 0.4) is 0 Å². The first-order valence-electron chi connectivity index (χ1n) is 5.46. The van der Waals surface area contributed by atoms with Gasteiger partial charge in [-0.1, -0.05) is 0 Å². The first-order valence-corrected chi connectivity index (χ1v) is 6.25. The van der Waals surface area contributed by atoms with Crippen LogP contribution in [0.4, 0.5) is 0 Å². The Bertz CT molecular complexity index is 595. The molecule has 0 aliphatic rings. The Balaban J connectivity index is 2.39. The number of oxazole rings is 1. The van der Waals surface area contributed by atoms with Crippen LogP contribution in [-0.4, -0.2) is 38.4 Å². The maximum atomic E-state index is 11.6. The fourth-order valence-electron chi connectivity index (χ4n) is 1.50. The van der Waals surface area contributed by atoms with Gasteiger partial charge >= 0.3 is 12.0 Å². The van der Waals surface area contributed by atoms with Crippen molar-refractivity contribution < 1.29 is 23.4 Å². The molecule has 2 rings (SSSR count). The summed E-state index contributed by atoms with van der Waals surface area (Å²) in [4.78, 5) is 15.8. The van der Waals surface area contributed by atoms with E-state index in [2.05, 4.69) is 20.9 Å². The SMILES string of the molecule is COCCOc1nc2c(C(=O)OC)ccc(Br)c2o1. The Morgan fingerprint density at radius 2 is 2.16 bits per heavy atom. The number of carbonyl (C=O) groups is 1. The number of hydrogen-bond acceptors (Lipinski definition) is 6. The summed E-state index contributed by atoms with van der Waals surface area (Å²) in [5, 5.41) is 0. The number of carbonyl (C=O) groups excluding carboxylic acids is 1. The largest absolute Gasteiger partial charge is 0.465 e. The van der Waals surface area contributed by atoms with Crippen LogP contribution in [0.1, 0.15) is 10.4 Å². The fraction of sp³-hybridized carbons (Fsp3) is 0.333. The zero-order valence-electron chi connectivity index (χ0n) is 10.4. The molecule has 0 amide bonds. The van der Waals surface area contributed by atoms with Gasteiger partial charge in [0.15, 0.2) is 5.58 Å². The Morgan fingerprint density at radius 3 is 2.84 bits per heavy atom. The Morgan fingerprint density at radius 1 is 1.37 bits per heavy atom. The number of ether oxygens (including phenoxy) is 3. The summed E-state index contributed by atoms with van der Waals surface area (Å²) < 4.78 is 21.0. The van der Waals surface area contributed by atoms with E-state index >= 15 is 0 Å². The second-order valence-electron chi connectivity index (χ2n) is 3.59. The van der Waals surface area contributed by atoms with Crippen LogP contribution in [0, 0.1) is 0 Å². The third-order valence-corrected chi connectivity index (χ3v) is 3.02. The van der Waals surface area contributed by atoms with Gasteiger partial charge in [-0.25, -0.2) is 4.79 Å². The highest BCUT2D eigenvalue weighted by Crippen LogP contribution is 2.30. The van der Waals surface area contributed by atoms with Crippen LogP contribution in [0.25, 0.3) is 11.1 Å². The average molecular weight is 330 g/mol.